The van der Waals surface area contributed by atoms with Crippen LogP contribution in [0, 0.1) is 10.1 Å². The fourth-order valence-corrected chi connectivity index (χ4v) is 3.46. The van der Waals surface area contributed by atoms with Gasteiger partial charge in [-0.2, -0.15) is 0 Å². The number of esters is 1. The maximum Gasteiger partial charge on any atom is 0.339 e. The van der Waals surface area contributed by atoms with Crippen LogP contribution >= 0.6 is 11.6 Å². The molecule has 0 unspecified atom stereocenters. The van der Waals surface area contributed by atoms with E-state index in [-0.39, 0.29) is 11.7 Å². The molecule has 0 spiro atoms. The number of halogens is 1. The molecule has 1 aliphatic heterocycles. The number of hydrogen-bond donors (Lipinski definition) is 0. The van der Waals surface area contributed by atoms with Gasteiger partial charge in [0.1, 0.15) is 5.82 Å². The van der Waals surface area contributed by atoms with Gasteiger partial charge in [0.05, 0.1) is 27.8 Å². The Kier molecular flexibility index (Phi) is 6.30. The van der Waals surface area contributed by atoms with Crippen molar-refractivity contribution >= 4 is 34.8 Å². The fraction of sp³-hybridized carbons (Fsp3) is 0.368. The lowest BCUT2D eigenvalue weighted by atomic mass is 10.2. The average molecular weight is 405 g/mol. The van der Waals surface area contributed by atoms with Crippen molar-refractivity contribution in [1.82, 2.24) is 4.98 Å². The third kappa shape index (κ3) is 4.51. The van der Waals surface area contributed by atoms with E-state index >= 15 is 0 Å². The number of nitrogens with zero attached hydrogens (tertiary/aromatic N) is 4. The van der Waals surface area contributed by atoms with E-state index in [0.717, 1.165) is 37.6 Å². The molecule has 3 rings (SSSR count). The molecule has 1 saturated heterocycles. The van der Waals surface area contributed by atoms with Crippen LogP contribution in [0.15, 0.2) is 36.5 Å². The number of carbonyl (C=O) groups excluding carboxylic acids is 1. The molecule has 1 aromatic carbocycles. The third-order valence-electron chi connectivity index (χ3n) is 4.56. The van der Waals surface area contributed by atoms with Gasteiger partial charge in [-0.25, -0.2) is 9.78 Å². The number of ether oxygens (including phenoxy) is 1. The highest BCUT2D eigenvalue weighted by atomic mass is 35.5. The molecular formula is C19H21ClN4O4. The quantitative estimate of drug-likeness (QED) is 0.427. The number of anilines is 2. The van der Waals surface area contributed by atoms with E-state index in [0.29, 0.717) is 23.7 Å². The summed E-state index contributed by atoms with van der Waals surface area (Å²) in [4.78, 5) is 30.9. The van der Waals surface area contributed by atoms with E-state index in [2.05, 4.69) is 14.8 Å². The van der Waals surface area contributed by atoms with Crippen molar-refractivity contribution in [3.8, 4) is 0 Å². The Balaban J connectivity index is 1.68. The zero-order valence-electron chi connectivity index (χ0n) is 15.5. The molecule has 1 aromatic heterocycles. The van der Waals surface area contributed by atoms with Crippen LogP contribution in [0.5, 0.6) is 0 Å². The smallest absolute Gasteiger partial charge is 0.339 e. The normalized spacial score (nSPS) is 14.5. The first-order valence-electron chi connectivity index (χ1n) is 9.06. The van der Waals surface area contributed by atoms with Crippen molar-refractivity contribution in [1.29, 1.82) is 0 Å². The van der Waals surface area contributed by atoms with Gasteiger partial charge in [-0.1, -0.05) is 11.6 Å². The summed E-state index contributed by atoms with van der Waals surface area (Å²) in [5.41, 5.74) is 1.20. The predicted molar refractivity (Wildman–Crippen MR) is 107 cm³/mol. The van der Waals surface area contributed by atoms with Gasteiger partial charge in [0, 0.05) is 44.5 Å². The number of carbonyl (C=O) groups is 1. The van der Waals surface area contributed by atoms with Crippen LogP contribution in [0.4, 0.5) is 17.2 Å². The highest BCUT2D eigenvalue weighted by Gasteiger charge is 2.20. The first-order valence-corrected chi connectivity index (χ1v) is 9.44. The van der Waals surface area contributed by atoms with E-state index in [9.17, 15) is 14.9 Å². The number of pyridine rings is 1. The Labute approximate surface area is 167 Å². The molecule has 1 fully saturated rings. The van der Waals surface area contributed by atoms with E-state index in [1.807, 2.05) is 6.07 Å². The number of benzene rings is 1. The van der Waals surface area contributed by atoms with Crippen LogP contribution in [0.2, 0.25) is 5.02 Å². The highest BCUT2D eigenvalue weighted by molar-refractivity contribution is 6.33. The SMILES string of the molecule is CCOC(=O)c1ccc(N2CCCN(c3ccc([N+](=O)[O-])cc3Cl)CC2)nc1. The minimum Gasteiger partial charge on any atom is -0.462 e. The van der Waals surface area contributed by atoms with Crippen molar-refractivity contribution in [2.75, 3.05) is 42.6 Å². The summed E-state index contributed by atoms with van der Waals surface area (Å²) in [5, 5.41) is 11.3. The molecule has 0 saturated carbocycles. The molecule has 0 atom stereocenters. The van der Waals surface area contributed by atoms with Crippen LogP contribution < -0.4 is 9.80 Å². The monoisotopic (exact) mass is 404 g/mol. The van der Waals surface area contributed by atoms with Gasteiger partial charge in [0.25, 0.3) is 5.69 Å². The minimum atomic E-state index is -0.453. The number of rotatable bonds is 5. The molecule has 28 heavy (non-hydrogen) atoms. The summed E-state index contributed by atoms with van der Waals surface area (Å²) in [6, 6.07) is 8.09. The Morgan fingerprint density at radius 2 is 1.96 bits per heavy atom. The largest absolute Gasteiger partial charge is 0.462 e. The molecule has 0 amide bonds. The molecular weight excluding hydrogens is 384 g/mol. The molecule has 2 heterocycles. The van der Waals surface area contributed by atoms with Crippen LogP contribution in [0.25, 0.3) is 0 Å². The van der Waals surface area contributed by atoms with Crippen LogP contribution in [-0.4, -0.2) is 48.7 Å². The van der Waals surface area contributed by atoms with Gasteiger partial charge >= 0.3 is 5.97 Å². The number of nitro benzene ring substituents is 1. The average Bonchev–Trinajstić information content (AvgIpc) is 2.94. The van der Waals surface area contributed by atoms with Crippen molar-refractivity contribution in [2.45, 2.75) is 13.3 Å². The standard InChI is InChI=1S/C19H21ClN4O4/c1-2-28-19(25)14-4-7-18(21-13-14)23-9-3-8-22(10-11-23)17-6-5-15(24(26)27)12-16(17)20/h4-7,12-13H,2-3,8-11H2,1H3. The molecule has 0 radical (unpaired) electrons. The topological polar surface area (TPSA) is 88.8 Å². The van der Waals surface area contributed by atoms with Gasteiger partial charge in [-0.3, -0.25) is 10.1 Å². The molecule has 8 nitrogen and oxygen atoms in total. The van der Waals surface area contributed by atoms with Crippen molar-refractivity contribution < 1.29 is 14.5 Å². The molecule has 148 valence electrons. The molecule has 0 bridgehead atoms. The van der Waals surface area contributed by atoms with Crippen LogP contribution in [0.1, 0.15) is 23.7 Å². The Morgan fingerprint density at radius 3 is 2.61 bits per heavy atom. The lowest BCUT2D eigenvalue weighted by Gasteiger charge is -2.25. The third-order valence-corrected chi connectivity index (χ3v) is 4.86. The first kappa shape index (κ1) is 19.9. The van der Waals surface area contributed by atoms with Gasteiger partial charge in [-0.15, -0.1) is 0 Å². The van der Waals surface area contributed by atoms with Gasteiger partial charge < -0.3 is 14.5 Å². The van der Waals surface area contributed by atoms with Gasteiger partial charge in [0.15, 0.2) is 0 Å². The zero-order chi connectivity index (χ0) is 20.1. The summed E-state index contributed by atoms with van der Waals surface area (Å²) in [6.07, 6.45) is 2.41. The van der Waals surface area contributed by atoms with Gasteiger partial charge in [-0.05, 0) is 31.5 Å². The second kappa shape index (κ2) is 8.88. The van der Waals surface area contributed by atoms with E-state index in [4.69, 9.17) is 16.3 Å². The summed E-state index contributed by atoms with van der Waals surface area (Å²) in [7, 11) is 0. The summed E-state index contributed by atoms with van der Waals surface area (Å²) in [5.74, 6) is 0.418. The second-order valence-electron chi connectivity index (χ2n) is 6.35. The highest BCUT2D eigenvalue weighted by Crippen LogP contribution is 2.30. The lowest BCUT2D eigenvalue weighted by Crippen LogP contribution is -2.31. The van der Waals surface area contributed by atoms with E-state index < -0.39 is 4.92 Å². The van der Waals surface area contributed by atoms with Gasteiger partial charge in [0.2, 0.25) is 0 Å². The maximum absolute atomic E-state index is 11.7. The second-order valence-corrected chi connectivity index (χ2v) is 6.75. The summed E-state index contributed by atoms with van der Waals surface area (Å²) in [6.45, 7) is 5.12. The lowest BCUT2D eigenvalue weighted by molar-refractivity contribution is -0.384. The number of nitro groups is 1. The molecule has 1 aliphatic rings. The van der Waals surface area contributed by atoms with Crippen molar-refractivity contribution in [3.63, 3.8) is 0 Å². The first-order chi connectivity index (χ1) is 13.5. The molecule has 9 heteroatoms. The fourth-order valence-electron chi connectivity index (χ4n) is 3.16. The van der Waals surface area contributed by atoms with Crippen LogP contribution in [0.3, 0.4) is 0 Å². The zero-order valence-corrected chi connectivity index (χ0v) is 16.3. The summed E-state index contributed by atoms with van der Waals surface area (Å²) >= 11 is 6.27. The number of aromatic nitrogens is 1. The Bertz CT molecular complexity index is 860. The maximum atomic E-state index is 11.7. The van der Waals surface area contributed by atoms with E-state index in [1.165, 1.54) is 18.3 Å². The Hall–Kier alpha value is -2.87. The number of hydrogen-bond acceptors (Lipinski definition) is 7. The minimum absolute atomic E-state index is 0.0175. The Morgan fingerprint density at radius 1 is 1.21 bits per heavy atom. The molecule has 0 N–H and O–H groups in total. The summed E-state index contributed by atoms with van der Waals surface area (Å²) < 4.78 is 4.98. The molecule has 0 aliphatic carbocycles. The molecule has 2 aromatic rings. The predicted octanol–water partition coefficient (Wildman–Crippen LogP) is 3.54. The number of non-ortho nitro benzene ring substituents is 1. The van der Waals surface area contributed by atoms with Crippen molar-refractivity contribution in [3.05, 3.63) is 57.2 Å². The van der Waals surface area contributed by atoms with Crippen molar-refractivity contribution in [2.24, 2.45) is 0 Å². The van der Waals surface area contributed by atoms with E-state index in [1.54, 1.807) is 19.1 Å². The van der Waals surface area contributed by atoms with Crippen LogP contribution in [-0.2, 0) is 4.74 Å².